The van der Waals surface area contributed by atoms with E-state index in [1.165, 1.54) is 139 Å². The summed E-state index contributed by atoms with van der Waals surface area (Å²) in [4.78, 5) is 19.7. The van der Waals surface area contributed by atoms with Crippen molar-refractivity contribution in [3.05, 3.63) is 396 Å². The van der Waals surface area contributed by atoms with Crippen molar-refractivity contribution in [3.63, 3.8) is 0 Å². The maximum atomic E-state index is 10.8. The molecule has 557 valence electrons. The first-order valence-electron chi connectivity index (χ1n) is 39.0. The Morgan fingerprint density at radius 3 is 0.965 bits per heavy atom. The quantitative estimate of drug-likeness (QED) is 0.0538. The molecule has 4 aliphatic carbocycles. The minimum atomic E-state index is -0.187. The van der Waals surface area contributed by atoms with Gasteiger partial charge in [0.1, 0.15) is 23.9 Å². The second-order valence-electron chi connectivity index (χ2n) is 32.2. The molecule has 0 fully saturated rings. The van der Waals surface area contributed by atoms with Crippen molar-refractivity contribution in [2.45, 2.75) is 77.0 Å². The van der Waals surface area contributed by atoms with Gasteiger partial charge in [-0.05, 0) is 239 Å². The molecule has 2 heterocycles. The minimum absolute atomic E-state index is 0. The van der Waals surface area contributed by atoms with E-state index in [1.807, 2.05) is 122 Å². The van der Waals surface area contributed by atoms with E-state index in [2.05, 4.69) is 284 Å². The molecule has 7 heteroatoms. The van der Waals surface area contributed by atoms with Gasteiger partial charge in [0.2, 0.25) is 6.61 Å². The van der Waals surface area contributed by atoms with E-state index in [-0.39, 0.29) is 66.5 Å². The van der Waals surface area contributed by atoms with Crippen LogP contribution >= 0.6 is 0 Å². The monoisotopic (exact) mass is 1650 g/mol. The van der Waals surface area contributed by atoms with Gasteiger partial charge in [-0.25, -0.2) is 0 Å². The van der Waals surface area contributed by atoms with Crippen LogP contribution in [0.4, 0.5) is 0 Å². The van der Waals surface area contributed by atoms with Crippen LogP contribution in [0.15, 0.2) is 340 Å². The van der Waals surface area contributed by atoms with Crippen molar-refractivity contribution in [1.29, 1.82) is 0 Å². The van der Waals surface area contributed by atoms with Crippen LogP contribution < -0.4 is 9.47 Å². The van der Waals surface area contributed by atoms with Crippen LogP contribution in [-0.4, -0.2) is 38.9 Å². The SMILES string of the molecule is CC1(C)c2ccccc2-c2ccc(-c3ccc4c(c3)C(C)(C)c3cc(-c5ccc(OCC(=[OH+])/C=C(\O)COc6ccc(-c7ccc8c(c7)C(C)(C)c7cc(-c9ccc%10c(c9)C(C)(C)c9ccccc9-%10)ccc7-8)cc6)cc5)ccc3-4)cc21.[Ir].[c-]1ccccc1-c1nccc2ccccc12.[c-]1ccccc1-c1nccc2ccccc12. The van der Waals surface area contributed by atoms with Crippen LogP contribution in [0.5, 0.6) is 11.5 Å². The largest absolute Gasteiger partial charge is 0.508 e. The topological polar surface area (TPSA) is 85.9 Å². The van der Waals surface area contributed by atoms with Crippen LogP contribution in [0.1, 0.15) is 99.9 Å². The fourth-order valence-corrected chi connectivity index (χ4v) is 17.8. The number of benzene rings is 14. The Morgan fingerprint density at radius 2 is 0.614 bits per heavy atom. The Labute approximate surface area is 681 Å². The average Bonchev–Trinajstić information content (AvgIpc) is 1.58. The molecule has 0 amide bonds. The van der Waals surface area contributed by atoms with Gasteiger partial charge in [-0.3, -0.25) is 4.79 Å². The molecule has 2 aromatic heterocycles. The summed E-state index contributed by atoms with van der Waals surface area (Å²) in [7, 11) is 0. The molecule has 114 heavy (non-hydrogen) atoms. The second-order valence-corrected chi connectivity index (χ2v) is 32.2. The van der Waals surface area contributed by atoms with Gasteiger partial charge in [0.15, 0.2) is 0 Å². The van der Waals surface area contributed by atoms with Gasteiger partial charge in [0.05, 0.1) is 6.08 Å². The molecule has 0 aliphatic heterocycles. The normalized spacial score (nSPS) is 14.0. The summed E-state index contributed by atoms with van der Waals surface area (Å²) in [5.74, 6) is 1.01. The number of ketones is 1. The molecule has 2 N–H and O–H groups in total. The van der Waals surface area contributed by atoms with Crippen LogP contribution in [-0.2, 0) is 41.8 Å². The van der Waals surface area contributed by atoms with Gasteiger partial charge in [-0.2, -0.15) is 0 Å². The number of hydrogen-bond acceptors (Lipinski definition) is 5. The van der Waals surface area contributed by atoms with E-state index < -0.39 is 0 Å². The van der Waals surface area contributed by atoms with Crippen LogP contribution in [0.25, 0.3) is 133 Å². The number of pyridine rings is 2. The number of aliphatic hydroxyl groups excluding tert-OH is 1. The first-order valence-corrected chi connectivity index (χ1v) is 39.0. The molecule has 0 saturated heterocycles. The first kappa shape index (κ1) is 74.1. The molecule has 20 rings (SSSR count). The fraction of sp³-hybridized carbons (Fsp3) is 0.131. The molecule has 0 spiro atoms. The Balaban J connectivity index is 0.000000232. The van der Waals surface area contributed by atoms with Crippen molar-refractivity contribution in [1.82, 2.24) is 9.97 Å². The molecule has 14 aromatic carbocycles. The molecule has 0 saturated carbocycles. The molecule has 1 radical (unpaired) electrons. The number of aliphatic hydroxyl groups is 1. The van der Waals surface area contributed by atoms with Crippen molar-refractivity contribution >= 4 is 27.3 Å². The summed E-state index contributed by atoms with van der Waals surface area (Å²) >= 11 is 0. The number of fused-ring (bicyclic) bond motifs is 14. The van der Waals surface area contributed by atoms with Gasteiger partial charge in [-0.15, -0.1) is 71.8 Å². The average molecular weight is 1660 g/mol. The zero-order valence-corrected chi connectivity index (χ0v) is 67.5. The molecular weight excluding hydrogens is 1570 g/mol. The van der Waals surface area contributed by atoms with Crippen molar-refractivity contribution in [3.8, 4) is 123 Å². The first-order chi connectivity index (χ1) is 54.8. The summed E-state index contributed by atoms with van der Waals surface area (Å²) in [5, 5.41) is 15.5. The molecular formula is C107H85IrN2O4-. The Morgan fingerprint density at radius 1 is 0.325 bits per heavy atom. The van der Waals surface area contributed by atoms with Crippen molar-refractivity contribution in [2.75, 3.05) is 13.2 Å². The number of aromatic nitrogens is 2. The van der Waals surface area contributed by atoms with Crippen molar-refractivity contribution < 1.29 is 39.5 Å². The summed E-state index contributed by atoms with van der Waals surface area (Å²) in [5.41, 5.74) is 34.4. The van der Waals surface area contributed by atoms with Gasteiger partial charge >= 0.3 is 5.78 Å². The predicted molar refractivity (Wildman–Crippen MR) is 466 cm³/mol. The van der Waals surface area contributed by atoms with Gasteiger partial charge < -0.3 is 24.5 Å². The van der Waals surface area contributed by atoms with Gasteiger partial charge in [-0.1, -0.05) is 250 Å². The second kappa shape index (κ2) is 29.8. The van der Waals surface area contributed by atoms with E-state index in [9.17, 15) is 9.90 Å². The minimum Gasteiger partial charge on any atom is -0.508 e. The smallest absolute Gasteiger partial charge is 0.356 e. The number of hydrogen-bond donors (Lipinski definition) is 1. The number of ether oxygens (including phenoxy) is 2. The Kier molecular flexibility index (Phi) is 19.4. The molecule has 16 aromatic rings. The Hall–Kier alpha value is -12.6. The summed E-state index contributed by atoms with van der Waals surface area (Å²) < 4.78 is 11.9. The van der Waals surface area contributed by atoms with E-state index in [0.29, 0.717) is 11.5 Å². The third-order valence-corrected chi connectivity index (χ3v) is 23.9. The predicted octanol–water partition coefficient (Wildman–Crippen LogP) is 26.4. The molecule has 0 atom stereocenters. The fourth-order valence-electron chi connectivity index (χ4n) is 17.8. The maximum Gasteiger partial charge on any atom is 0.356 e. The van der Waals surface area contributed by atoms with E-state index in [0.717, 1.165) is 44.8 Å². The van der Waals surface area contributed by atoms with E-state index in [4.69, 9.17) is 9.47 Å². The van der Waals surface area contributed by atoms with Gasteiger partial charge in [0, 0.05) is 54.2 Å². The third-order valence-electron chi connectivity index (χ3n) is 23.9. The standard InChI is InChI=1S/C77H64O4.2C15H10N.Ir/c1-74(2)66-15-11-9-13-58(66)60-33-23-50(39-68(60)74)52-25-35-64-62-31-21-48(37-70(62)76(5,6)72(64)41-52)46-17-27-56(28-18-46)80-44-54(78)43-55(79)45-81-57-29-19-47(20-30-57)49-22-32-63-65-36-26-53(42-73(65)77(7,8)71(63)38-49)51-24-34-61-59-14-10-12-16-67(59)75(3,4)69(61)40-51;2*1-2-7-13(8-3-1)15-14-9-5-4-6-12(14)10-11-16-15;/h9-43,78H,44-45H2,1-8H3;2*1-7,9-11H;/q;2*-1;/p+1/b54-43-;;;. The summed E-state index contributed by atoms with van der Waals surface area (Å²) in [6.45, 7) is 18.5. The number of carbonyl (C=O) groups excluding carboxylic acids is 1. The Bertz CT molecular complexity index is 6330. The zero-order chi connectivity index (χ0) is 77.3. The van der Waals surface area contributed by atoms with Crippen LogP contribution in [0, 0.1) is 12.1 Å². The van der Waals surface area contributed by atoms with Gasteiger partial charge in [0.25, 0.3) is 0 Å². The van der Waals surface area contributed by atoms with Crippen LogP contribution in [0.3, 0.4) is 0 Å². The van der Waals surface area contributed by atoms with Crippen molar-refractivity contribution in [2.24, 2.45) is 0 Å². The number of rotatable bonds is 13. The maximum absolute atomic E-state index is 10.8. The molecule has 4 aliphatic rings. The number of nitrogens with zero attached hydrogens (tertiary/aromatic N) is 2. The molecule has 6 nitrogen and oxygen atoms in total. The van der Waals surface area contributed by atoms with E-state index in [1.54, 1.807) is 0 Å². The zero-order valence-electron chi connectivity index (χ0n) is 65.1. The third kappa shape index (κ3) is 13.4. The van der Waals surface area contributed by atoms with E-state index >= 15 is 0 Å². The molecule has 0 bridgehead atoms. The summed E-state index contributed by atoms with van der Waals surface area (Å²) in [6.07, 6.45) is 4.98. The molecule has 0 unspecified atom stereocenters. The summed E-state index contributed by atoms with van der Waals surface area (Å²) in [6, 6.07) is 118. The van der Waals surface area contributed by atoms with Crippen LogP contribution in [0.2, 0.25) is 0 Å².